The number of carbonyl (C=O) groups is 1. The predicted molar refractivity (Wildman–Crippen MR) is 111 cm³/mol. The van der Waals surface area contributed by atoms with Gasteiger partial charge in [0, 0.05) is 43.9 Å². The monoisotopic (exact) mass is 412 g/mol. The van der Waals surface area contributed by atoms with Crippen molar-refractivity contribution in [2.24, 2.45) is 0 Å². The van der Waals surface area contributed by atoms with Crippen LogP contribution in [0.3, 0.4) is 0 Å². The molecular formula is C21H21ClN4O3. The molecule has 0 unspecified atom stereocenters. The van der Waals surface area contributed by atoms with Gasteiger partial charge in [-0.2, -0.15) is 0 Å². The Hall–Kier alpha value is -3.32. The number of nitrogens with one attached hydrogen (secondary N) is 1. The molecule has 1 N–H and O–H groups in total. The fourth-order valence-corrected chi connectivity index (χ4v) is 3.01. The molecule has 0 fully saturated rings. The number of hydrogen-bond donors (Lipinski definition) is 1. The minimum atomic E-state index is -0.301. The summed E-state index contributed by atoms with van der Waals surface area (Å²) in [6.45, 7) is 0.781. The number of halogens is 1. The lowest BCUT2D eigenvalue weighted by molar-refractivity contribution is 0.206. The molecule has 1 aromatic carbocycles. The molecule has 2 aromatic heterocycles. The molecule has 0 saturated carbocycles. The molecule has 0 radical (unpaired) electrons. The number of amides is 2. The zero-order valence-electron chi connectivity index (χ0n) is 16.1. The second-order valence-electron chi connectivity index (χ2n) is 6.19. The van der Waals surface area contributed by atoms with Crippen LogP contribution in [0.2, 0.25) is 5.02 Å². The van der Waals surface area contributed by atoms with Crippen LogP contribution in [0.15, 0.2) is 61.2 Å². The molecule has 150 valence electrons. The minimum Gasteiger partial charge on any atom is -0.495 e. The smallest absolute Gasteiger partial charge is 0.322 e. The summed E-state index contributed by atoms with van der Waals surface area (Å²) in [5.74, 6) is 0.912. The van der Waals surface area contributed by atoms with Gasteiger partial charge in [-0.15, -0.1) is 0 Å². The molecule has 8 heteroatoms. The molecule has 0 spiro atoms. The third-order valence-corrected chi connectivity index (χ3v) is 4.52. The van der Waals surface area contributed by atoms with Gasteiger partial charge in [0.15, 0.2) is 0 Å². The van der Waals surface area contributed by atoms with Crippen molar-refractivity contribution in [3.63, 3.8) is 0 Å². The maximum atomic E-state index is 13.1. The maximum Gasteiger partial charge on any atom is 0.322 e. The van der Waals surface area contributed by atoms with E-state index in [1.165, 1.54) is 14.2 Å². The van der Waals surface area contributed by atoms with E-state index in [0.717, 1.165) is 11.1 Å². The highest BCUT2D eigenvalue weighted by Gasteiger charge is 2.18. The molecule has 0 atom stereocenters. The van der Waals surface area contributed by atoms with Crippen LogP contribution in [-0.4, -0.2) is 35.1 Å². The average molecular weight is 413 g/mol. The maximum absolute atomic E-state index is 13.1. The summed E-state index contributed by atoms with van der Waals surface area (Å²) in [5.41, 5.74) is 2.32. The summed E-state index contributed by atoms with van der Waals surface area (Å²) in [6, 6.07) is 10.4. The van der Waals surface area contributed by atoms with Gasteiger partial charge in [0.1, 0.15) is 11.5 Å². The molecule has 29 heavy (non-hydrogen) atoms. The van der Waals surface area contributed by atoms with E-state index in [0.29, 0.717) is 35.3 Å². The van der Waals surface area contributed by atoms with E-state index in [4.69, 9.17) is 21.1 Å². The fraction of sp³-hybridized carbons (Fsp3) is 0.190. The van der Waals surface area contributed by atoms with E-state index in [1.54, 1.807) is 41.8 Å². The highest BCUT2D eigenvalue weighted by Crippen LogP contribution is 2.36. The number of nitrogens with zero attached hydrogens (tertiary/aromatic N) is 3. The zero-order valence-corrected chi connectivity index (χ0v) is 16.9. The topological polar surface area (TPSA) is 76.6 Å². The summed E-state index contributed by atoms with van der Waals surface area (Å²) in [7, 11) is 3.03. The Bertz CT molecular complexity index is 913. The van der Waals surface area contributed by atoms with Crippen molar-refractivity contribution in [2.75, 3.05) is 19.5 Å². The van der Waals surface area contributed by atoms with E-state index in [-0.39, 0.29) is 6.03 Å². The van der Waals surface area contributed by atoms with Crippen LogP contribution in [0.4, 0.5) is 10.5 Å². The van der Waals surface area contributed by atoms with Gasteiger partial charge in [0.05, 0.1) is 24.9 Å². The van der Waals surface area contributed by atoms with Crippen molar-refractivity contribution in [3.05, 3.63) is 77.3 Å². The Labute approximate surface area is 174 Å². The van der Waals surface area contributed by atoms with Crippen LogP contribution in [0.5, 0.6) is 11.5 Å². The summed E-state index contributed by atoms with van der Waals surface area (Å²) in [4.78, 5) is 22.9. The molecule has 2 amide bonds. The first-order valence-electron chi connectivity index (χ1n) is 8.86. The first-order valence-corrected chi connectivity index (χ1v) is 9.23. The average Bonchev–Trinajstić information content (AvgIpc) is 2.75. The van der Waals surface area contributed by atoms with Gasteiger partial charge >= 0.3 is 6.03 Å². The van der Waals surface area contributed by atoms with Crippen LogP contribution >= 0.6 is 11.6 Å². The second kappa shape index (κ2) is 9.75. The Balaban J connectivity index is 1.85. The van der Waals surface area contributed by atoms with Crippen molar-refractivity contribution >= 4 is 23.3 Å². The van der Waals surface area contributed by atoms with E-state index in [1.807, 2.05) is 24.3 Å². The van der Waals surface area contributed by atoms with Crippen molar-refractivity contribution in [2.45, 2.75) is 13.1 Å². The van der Waals surface area contributed by atoms with Gasteiger partial charge in [0.25, 0.3) is 0 Å². The molecular weight excluding hydrogens is 392 g/mol. The minimum absolute atomic E-state index is 0.301. The number of aromatic nitrogens is 2. The second-order valence-corrected chi connectivity index (χ2v) is 6.60. The number of pyridine rings is 2. The molecule has 7 nitrogen and oxygen atoms in total. The summed E-state index contributed by atoms with van der Waals surface area (Å²) >= 11 is 6.22. The zero-order chi connectivity index (χ0) is 20.6. The molecule has 0 saturated heterocycles. The summed E-state index contributed by atoms with van der Waals surface area (Å²) in [6.07, 6.45) is 6.82. The number of hydrogen-bond acceptors (Lipinski definition) is 5. The largest absolute Gasteiger partial charge is 0.495 e. The van der Waals surface area contributed by atoms with E-state index >= 15 is 0 Å². The lowest BCUT2D eigenvalue weighted by atomic mass is 10.2. The third kappa shape index (κ3) is 5.36. The molecule has 3 rings (SSSR count). The SMILES string of the molecule is COc1cc(OC)c(NC(=O)N(Cc2ccncc2)Cc2cccnc2)cc1Cl. The van der Waals surface area contributed by atoms with Crippen LogP contribution in [0, 0.1) is 0 Å². The van der Waals surface area contributed by atoms with E-state index in [9.17, 15) is 4.79 Å². The third-order valence-electron chi connectivity index (χ3n) is 4.22. The highest BCUT2D eigenvalue weighted by atomic mass is 35.5. The Morgan fingerprint density at radius 2 is 1.72 bits per heavy atom. The number of methoxy groups -OCH3 is 2. The first kappa shape index (κ1) is 20.4. The van der Waals surface area contributed by atoms with Crippen LogP contribution in [0.25, 0.3) is 0 Å². The van der Waals surface area contributed by atoms with Gasteiger partial charge in [-0.25, -0.2) is 4.79 Å². The molecule has 0 bridgehead atoms. The van der Waals surface area contributed by atoms with Gasteiger partial charge in [-0.05, 0) is 35.4 Å². The molecule has 3 aromatic rings. The lowest BCUT2D eigenvalue weighted by Crippen LogP contribution is -2.34. The van der Waals surface area contributed by atoms with Crippen LogP contribution in [-0.2, 0) is 13.1 Å². The summed E-state index contributed by atoms with van der Waals surface area (Å²) < 4.78 is 10.6. The lowest BCUT2D eigenvalue weighted by Gasteiger charge is -2.24. The van der Waals surface area contributed by atoms with Gasteiger partial charge in [-0.1, -0.05) is 17.7 Å². The molecule has 0 aliphatic rings. The number of rotatable bonds is 7. The first-order chi connectivity index (χ1) is 14.1. The molecule has 0 aliphatic carbocycles. The molecule has 0 aliphatic heterocycles. The normalized spacial score (nSPS) is 10.3. The standard InChI is InChI=1S/C21H21ClN4O3/c1-28-19-11-20(29-2)18(10-17(19)22)25-21(27)26(13-15-5-8-23-9-6-15)14-16-4-3-7-24-12-16/h3-12H,13-14H2,1-2H3,(H,25,27). The van der Waals surface area contributed by atoms with Crippen LogP contribution in [0.1, 0.15) is 11.1 Å². The van der Waals surface area contributed by atoms with Crippen molar-refractivity contribution < 1.29 is 14.3 Å². The van der Waals surface area contributed by atoms with Gasteiger partial charge < -0.3 is 19.7 Å². The fourth-order valence-electron chi connectivity index (χ4n) is 2.77. The number of urea groups is 1. The number of benzene rings is 1. The van der Waals surface area contributed by atoms with Gasteiger partial charge in [0.2, 0.25) is 0 Å². The Morgan fingerprint density at radius 1 is 1.00 bits per heavy atom. The van der Waals surface area contributed by atoms with Crippen LogP contribution < -0.4 is 14.8 Å². The molecule has 2 heterocycles. The predicted octanol–water partition coefficient (Wildman–Crippen LogP) is 4.38. The number of anilines is 1. The highest BCUT2D eigenvalue weighted by molar-refractivity contribution is 6.32. The van der Waals surface area contributed by atoms with Gasteiger partial charge in [-0.3, -0.25) is 9.97 Å². The number of ether oxygens (including phenoxy) is 2. The quantitative estimate of drug-likeness (QED) is 0.623. The number of carbonyl (C=O) groups excluding carboxylic acids is 1. The van der Waals surface area contributed by atoms with Crippen molar-refractivity contribution in [3.8, 4) is 11.5 Å². The van der Waals surface area contributed by atoms with E-state index in [2.05, 4.69) is 15.3 Å². The Morgan fingerprint density at radius 3 is 2.38 bits per heavy atom. The summed E-state index contributed by atoms with van der Waals surface area (Å²) in [5, 5.41) is 3.25. The van der Waals surface area contributed by atoms with E-state index < -0.39 is 0 Å². The Kier molecular flexibility index (Phi) is 6.86. The van der Waals surface area contributed by atoms with Crippen molar-refractivity contribution in [1.82, 2.24) is 14.9 Å². The van der Waals surface area contributed by atoms with Crippen molar-refractivity contribution in [1.29, 1.82) is 0 Å².